The monoisotopic (exact) mass is 315 g/mol. The van der Waals surface area contributed by atoms with E-state index in [9.17, 15) is 0 Å². The van der Waals surface area contributed by atoms with Crippen molar-refractivity contribution in [2.45, 2.75) is 25.9 Å². The lowest BCUT2D eigenvalue weighted by Crippen LogP contribution is -2.26. The van der Waals surface area contributed by atoms with Crippen molar-refractivity contribution in [1.29, 1.82) is 0 Å². The Bertz CT molecular complexity index is 543. The topological polar surface area (TPSA) is 64.9 Å². The van der Waals surface area contributed by atoms with E-state index in [4.69, 9.17) is 16.3 Å². The molecule has 20 heavy (non-hydrogen) atoms. The molecule has 0 fully saturated rings. The lowest BCUT2D eigenvalue weighted by molar-refractivity contribution is 0.195. The summed E-state index contributed by atoms with van der Waals surface area (Å²) in [4.78, 5) is 1.13. The fraction of sp³-hybridized carbons (Fsp3) is 0.583. The molecule has 2 aromatic heterocycles. The molecule has 0 aliphatic heterocycles. The van der Waals surface area contributed by atoms with Crippen LogP contribution in [0.25, 0.3) is 0 Å². The average Bonchev–Trinajstić information content (AvgIpc) is 3.06. The van der Waals surface area contributed by atoms with E-state index in [-0.39, 0.29) is 12.1 Å². The number of tetrazole rings is 1. The van der Waals surface area contributed by atoms with Gasteiger partial charge >= 0.3 is 0 Å². The molecule has 0 radical (unpaired) electrons. The van der Waals surface area contributed by atoms with E-state index in [1.54, 1.807) is 18.4 Å². The third kappa shape index (κ3) is 3.54. The summed E-state index contributed by atoms with van der Waals surface area (Å²) in [6.45, 7) is 5.50. The molecule has 2 atom stereocenters. The van der Waals surface area contributed by atoms with Crippen LogP contribution in [0.1, 0.15) is 36.6 Å². The van der Waals surface area contributed by atoms with E-state index in [0.29, 0.717) is 6.61 Å². The van der Waals surface area contributed by atoms with Crippen LogP contribution in [-0.2, 0) is 4.74 Å². The van der Waals surface area contributed by atoms with Crippen molar-refractivity contribution >= 4 is 22.9 Å². The summed E-state index contributed by atoms with van der Waals surface area (Å²) in [6, 6.07) is 4.01. The molecule has 2 rings (SSSR count). The summed E-state index contributed by atoms with van der Waals surface area (Å²) in [7, 11) is 1.68. The normalized spacial score (nSPS) is 14.4. The van der Waals surface area contributed by atoms with Crippen molar-refractivity contribution < 1.29 is 4.74 Å². The number of rotatable bonds is 7. The van der Waals surface area contributed by atoms with E-state index < -0.39 is 0 Å². The molecule has 0 aliphatic carbocycles. The Morgan fingerprint density at radius 1 is 1.45 bits per heavy atom. The first-order valence-corrected chi connectivity index (χ1v) is 7.58. The van der Waals surface area contributed by atoms with Crippen LogP contribution in [0.3, 0.4) is 0 Å². The van der Waals surface area contributed by atoms with Gasteiger partial charge in [0.1, 0.15) is 0 Å². The molecule has 0 saturated carbocycles. The van der Waals surface area contributed by atoms with Crippen molar-refractivity contribution in [3.8, 4) is 0 Å². The lowest BCUT2D eigenvalue weighted by atomic mass is 10.2. The minimum Gasteiger partial charge on any atom is -0.383 e. The highest BCUT2D eigenvalue weighted by molar-refractivity contribution is 7.16. The van der Waals surface area contributed by atoms with E-state index >= 15 is 0 Å². The Morgan fingerprint density at radius 2 is 2.25 bits per heavy atom. The maximum absolute atomic E-state index is 5.98. The zero-order valence-corrected chi connectivity index (χ0v) is 13.3. The van der Waals surface area contributed by atoms with E-state index in [0.717, 1.165) is 21.6 Å². The van der Waals surface area contributed by atoms with Crippen LogP contribution in [0.4, 0.5) is 0 Å². The highest BCUT2D eigenvalue weighted by Gasteiger charge is 2.20. The first-order chi connectivity index (χ1) is 9.63. The average molecular weight is 316 g/mol. The second-order valence-corrected chi connectivity index (χ2v) is 6.21. The summed E-state index contributed by atoms with van der Waals surface area (Å²) in [6.07, 6.45) is 0. The summed E-state index contributed by atoms with van der Waals surface area (Å²) in [5.41, 5.74) is 0. The number of methoxy groups -OCH3 is 1. The van der Waals surface area contributed by atoms with Gasteiger partial charge in [-0.2, -0.15) is 0 Å². The number of hydrogen-bond acceptors (Lipinski definition) is 6. The zero-order valence-electron chi connectivity index (χ0n) is 11.7. The van der Waals surface area contributed by atoms with Gasteiger partial charge in [0.25, 0.3) is 0 Å². The van der Waals surface area contributed by atoms with Crippen LogP contribution in [0.2, 0.25) is 4.34 Å². The number of nitrogens with zero attached hydrogens (tertiary/aromatic N) is 4. The smallest absolute Gasteiger partial charge is 0.168 e. The molecule has 0 amide bonds. The number of halogens is 1. The van der Waals surface area contributed by atoms with Gasteiger partial charge in [-0.05, 0) is 36.4 Å². The van der Waals surface area contributed by atoms with Crippen LogP contribution in [0, 0.1) is 0 Å². The summed E-state index contributed by atoms with van der Waals surface area (Å²) in [5, 5.41) is 15.3. The van der Waals surface area contributed by atoms with Gasteiger partial charge < -0.3 is 10.1 Å². The Hall–Kier alpha value is -1.02. The maximum atomic E-state index is 5.98. The maximum Gasteiger partial charge on any atom is 0.168 e. The Kier molecular flexibility index (Phi) is 5.47. The molecule has 2 aromatic rings. The van der Waals surface area contributed by atoms with Crippen molar-refractivity contribution in [3.63, 3.8) is 0 Å². The second kappa shape index (κ2) is 7.12. The van der Waals surface area contributed by atoms with E-state index in [2.05, 4.69) is 27.8 Å². The summed E-state index contributed by atoms with van der Waals surface area (Å²) in [5.74, 6) is 0.804. The summed E-state index contributed by atoms with van der Waals surface area (Å²) < 4.78 is 7.62. The van der Waals surface area contributed by atoms with Crippen LogP contribution < -0.4 is 5.32 Å². The SMILES string of the molecule is COCCNC(C)c1nnnn1C(C)c1ccc(Cl)s1. The molecule has 2 heterocycles. The molecule has 0 bridgehead atoms. The van der Waals surface area contributed by atoms with Gasteiger partial charge in [0.15, 0.2) is 5.82 Å². The predicted octanol–water partition coefficient (Wildman–Crippen LogP) is 2.29. The van der Waals surface area contributed by atoms with Gasteiger partial charge in [0.05, 0.1) is 23.0 Å². The van der Waals surface area contributed by atoms with Gasteiger partial charge in [-0.15, -0.1) is 16.4 Å². The quantitative estimate of drug-likeness (QED) is 0.794. The van der Waals surface area contributed by atoms with E-state index in [1.165, 1.54) is 0 Å². The Labute approximate surface area is 127 Å². The van der Waals surface area contributed by atoms with Crippen molar-refractivity contribution in [2.75, 3.05) is 20.3 Å². The number of thiophene rings is 1. The Balaban J connectivity index is 2.11. The predicted molar refractivity (Wildman–Crippen MR) is 79.3 cm³/mol. The molecule has 0 aromatic carbocycles. The molecule has 2 unspecified atom stereocenters. The zero-order chi connectivity index (χ0) is 14.5. The highest BCUT2D eigenvalue weighted by atomic mass is 35.5. The van der Waals surface area contributed by atoms with Gasteiger partial charge in [-0.1, -0.05) is 11.6 Å². The van der Waals surface area contributed by atoms with Crippen LogP contribution in [0.15, 0.2) is 12.1 Å². The minimum atomic E-state index is 0.0537. The van der Waals surface area contributed by atoms with Gasteiger partial charge in [-0.25, -0.2) is 4.68 Å². The van der Waals surface area contributed by atoms with Crippen LogP contribution in [-0.4, -0.2) is 40.5 Å². The molecule has 6 nitrogen and oxygen atoms in total. The van der Waals surface area contributed by atoms with Gasteiger partial charge in [-0.3, -0.25) is 0 Å². The van der Waals surface area contributed by atoms with Crippen LogP contribution >= 0.6 is 22.9 Å². The van der Waals surface area contributed by atoms with Crippen molar-refractivity contribution in [3.05, 3.63) is 27.2 Å². The molecule has 0 saturated heterocycles. The number of ether oxygens (including phenoxy) is 1. The molecule has 1 N–H and O–H groups in total. The lowest BCUT2D eigenvalue weighted by Gasteiger charge is -2.16. The van der Waals surface area contributed by atoms with Crippen molar-refractivity contribution in [1.82, 2.24) is 25.5 Å². The number of nitrogens with one attached hydrogen (secondary N) is 1. The standard InChI is InChI=1S/C12H18ClN5OS/c1-8(14-6-7-19-3)12-15-16-17-18(12)9(2)10-4-5-11(13)20-10/h4-5,8-9,14H,6-7H2,1-3H3. The second-order valence-electron chi connectivity index (χ2n) is 4.47. The first-order valence-electron chi connectivity index (χ1n) is 6.38. The number of hydrogen-bond donors (Lipinski definition) is 1. The molecule has 110 valence electrons. The fourth-order valence-corrected chi connectivity index (χ4v) is 3.00. The molecule has 8 heteroatoms. The fourth-order valence-electron chi connectivity index (χ4n) is 1.90. The van der Waals surface area contributed by atoms with Crippen molar-refractivity contribution in [2.24, 2.45) is 0 Å². The Morgan fingerprint density at radius 3 is 2.90 bits per heavy atom. The number of aromatic nitrogens is 4. The highest BCUT2D eigenvalue weighted by Crippen LogP contribution is 2.29. The van der Waals surface area contributed by atoms with Gasteiger partial charge in [0, 0.05) is 18.5 Å². The summed E-state index contributed by atoms with van der Waals surface area (Å²) >= 11 is 7.53. The largest absolute Gasteiger partial charge is 0.383 e. The van der Waals surface area contributed by atoms with E-state index in [1.807, 2.05) is 23.7 Å². The minimum absolute atomic E-state index is 0.0537. The molecular formula is C12H18ClN5OS. The molecular weight excluding hydrogens is 298 g/mol. The van der Waals surface area contributed by atoms with Crippen LogP contribution in [0.5, 0.6) is 0 Å². The molecule has 0 spiro atoms. The molecule has 0 aliphatic rings. The van der Waals surface area contributed by atoms with Gasteiger partial charge in [0.2, 0.25) is 0 Å². The first kappa shape index (κ1) is 15.4. The third-order valence-electron chi connectivity index (χ3n) is 3.03. The third-order valence-corrected chi connectivity index (χ3v) is 4.44.